The molecule has 6 heteroatoms. The molecule has 1 aromatic carbocycles. The van der Waals surface area contributed by atoms with E-state index in [1.807, 2.05) is 30.3 Å². The Morgan fingerprint density at radius 2 is 2.00 bits per heavy atom. The summed E-state index contributed by atoms with van der Waals surface area (Å²) in [5.41, 5.74) is -0.270. The first-order valence-corrected chi connectivity index (χ1v) is 7.13. The van der Waals surface area contributed by atoms with Crippen molar-refractivity contribution in [2.75, 3.05) is 33.9 Å². The minimum atomic E-state index is -1.03. The highest BCUT2D eigenvalue weighted by Crippen LogP contribution is 2.33. The molecule has 1 unspecified atom stereocenters. The van der Waals surface area contributed by atoms with Crippen LogP contribution in [0, 0.1) is 5.41 Å². The van der Waals surface area contributed by atoms with E-state index in [9.17, 15) is 14.7 Å². The fraction of sp³-hybridized carbons (Fsp3) is 0.500. The second-order valence-electron chi connectivity index (χ2n) is 5.55. The molecule has 22 heavy (non-hydrogen) atoms. The van der Waals surface area contributed by atoms with Crippen LogP contribution < -0.4 is 0 Å². The summed E-state index contributed by atoms with van der Waals surface area (Å²) in [4.78, 5) is 25.8. The minimum Gasteiger partial charge on any atom is -0.481 e. The summed E-state index contributed by atoms with van der Waals surface area (Å²) in [6, 6.07) is 9.18. The number of hydrogen-bond donors (Lipinski definition) is 1. The van der Waals surface area contributed by atoms with Crippen LogP contribution in [0.2, 0.25) is 0 Å². The van der Waals surface area contributed by atoms with E-state index in [1.165, 1.54) is 14.2 Å². The van der Waals surface area contributed by atoms with E-state index in [0.717, 1.165) is 5.56 Å². The van der Waals surface area contributed by atoms with E-state index in [2.05, 4.69) is 0 Å². The SMILES string of the molecule is COCC1(C(=O)O)CCN(C(=O)[C@H](OC)c2ccccc2)C1. The van der Waals surface area contributed by atoms with Crippen molar-refractivity contribution in [2.24, 2.45) is 5.41 Å². The minimum absolute atomic E-state index is 0.0924. The number of hydrogen-bond acceptors (Lipinski definition) is 4. The first-order valence-electron chi connectivity index (χ1n) is 7.13. The van der Waals surface area contributed by atoms with Crippen LogP contribution in [0.1, 0.15) is 18.1 Å². The summed E-state index contributed by atoms with van der Waals surface area (Å²) in [6.07, 6.45) is -0.332. The quantitative estimate of drug-likeness (QED) is 0.858. The molecule has 1 aromatic rings. The summed E-state index contributed by atoms with van der Waals surface area (Å²) in [7, 11) is 2.95. The van der Waals surface area contributed by atoms with Gasteiger partial charge in [-0.2, -0.15) is 0 Å². The third-order valence-electron chi connectivity index (χ3n) is 4.10. The summed E-state index contributed by atoms with van der Waals surface area (Å²) in [5, 5.41) is 9.46. The Morgan fingerprint density at radius 3 is 2.55 bits per heavy atom. The zero-order valence-electron chi connectivity index (χ0n) is 12.8. The number of carbonyl (C=O) groups is 2. The van der Waals surface area contributed by atoms with E-state index in [4.69, 9.17) is 9.47 Å². The van der Waals surface area contributed by atoms with E-state index < -0.39 is 17.5 Å². The lowest BCUT2D eigenvalue weighted by Gasteiger charge is -2.26. The number of carboxylic acid groups (broad SMARTS) is 1. The van der Waals surface area contributed by atoms with Gasteiger partial charge in [0.05, 0.1) is 6.61 Å². The van der Waals surface area contributed by atoms with Gasteiger partial charge >= 0.3 is 5.97 Å². The number of carboxylic acids is 1. The molecule has 1 N–H and O–H groups in total. The third kappa shape index (κ3) is 3.13. The monoisotopic (exact) mass is 307 g/mol. The van der Waals surface area contributed by atoms with Crippen molar-refractivity contribution in [1.29, 1.82) is 0 Å². The van der Waals surface area contributed by atoms with Crippen molar-refractivity contribution < 1.29 is 24.2 Å². The van der Waals surface area contributed by atoms with Crippen molar-refractivity contribution in [3.8, 4) is 0 Å². The van der Waals surface area contributed by atoms with Gasteiger partial charge in [0.15, 0.2) is 6.10 Å². The molecule has 1 aliphatic heterocycles. The molecule has 0 bridgehead atoms. The molecule has 2 rings (SSSR count). The number of carbonyl (C=O) groups excluding carboxylic acids is 1. The number of likely N-dealkylation sites (tertiary alicyclic amines) is 1. The maximum absolute atomic E-state index is 12.7. The average Bonchev–Trinajstić information content (AvgIpc) is 2.95. The lowest BCUT2D eigenvalue weighted by Crippen LogP contribution is -2.41. The molecule has 0 aliphatic carbocycles. The number of rotatable bonds is 6. The van der Waals surface area contributed by atoms with Crippen LogP contribution in [0.25, 0.3) is 0 Å². The molecule has 1 fully saturated rings. The molecular formula is C16H21NO5. The number of ether oxygens (including phenoxy) is 2. The molecule has 120 valence electrons. The number of nitrogens with zero attached hydrogens (tertiary/aromatic N) is 1. The third-order valence-corrected chi connectivity index (χ3v) is 4.10. The second kappa shape index (κ2) is 6.89. The van der Waals surface area contributed by atoms with Gasteiger partial charge < -0.3 is 19.5 Å². The summed E-state index contributed by atoms with van der Waals surface area (Å²) in [6.45, 7) is 0.623. The summed E-state index contributed by atoms with van der Waals surface area (Å²) >= 11 is 0. The number of aliphatic carboxylic acids is 1. The summed E-state index contributed by atoms with van der Waals surface area (Å²) in [5.74, 6) is -1.15. The van der Waals surface area contributed by atoms with Crippen LogP contribution in [0.5, 0.6) is 0 Å². The summed E-state index contributed by atoms with van der Waals surface area (Å²) < 4.78 is 10.4. The van der Waals surface area contributed by atoms with Gasteiger partial charge in [0.1, 0.15) is 5.41 Å². The van der Waals surface area contributed by atoms with Crippen LogP contribution in [-0.4, -0.2) is 55.8 Å². The molecule has 6 nitrogen and oxygen atoms in total. The molecule has 1 aliphatic rings. The maximum Gasteiger partial charge on any atom is 0.313 e. The van der Waals surface area contributed by atoms with E-state index in [1.54, 1.807) is 4.90 Å². The molecule has 0 aromatic heterocycles. The highest BCUT2D eigenvalue weighted by Gasteiger charge is 2.47. The van der Waals surface area contributed by atoms with E-state index >= 15 is 0 Å². The Kier molecular flexibility index (Phi) is 5.15. The Balaban J connectivity index is 2.15. The fourth-order valence-electron chi connectivity index (χ4n) is 2.86. The molecule has 1 amide bonds. The van der Waals surface area contributed by atoms with Crippen LogP contribution >= 0.6 is 0 Å². The first-order chi connectivity index (χ1) is 10.5. The fourth-order valence-corrected chi connectivity index (χ4v) is 2.86. The highest BCUT2D eigenvalue weighted by atomic mass is 16.5. The number of methoxy groups -OCH3 is 2. The van der Waals surface area contributed by atoms with Crippen LogP contribution in [-0.2, 0) is 19.1 Å². The van der Waals surface area contributed by atoms with Crippen molar-refractivity contribution in [3.05, 3.63) is 35.9 Å². The number of benzene rings is 1. The molecule has 1 heterocycles. The lowest BCUT2D eigenvalue weighted by atomic mass is 9.88. The van der Waals surface area contributed by atoms with Gasteiger partial charge in [-0.15, -0.1) is 0 Å². The van der Waals surface area contributed by atoms with Gasteiger partial charge in [-0.05, 0) is 12.0 Å². The van der Waals surface area contributed by atoms with Crippen LogP contribution in [0.3, 0.4) is 0 Å². The smallest absolute Gasteiger partial charge is 0.313 e. The Labute approximate surface area is 129 Å². The Bertz CT molecular complexity index is 533. The molecule has 2 atom stereocenters. The zero-order valence-corrected chi connectivity index (χ0v) is 12.8. The molecular weight excluding hydrogens is 286 g/mol. The lowest BCUT2D eigenvalue weighted by molar-refractivity contribution is -0.152. The molecule has 0 saturated carbocycles. The Hall–Kier alpha value is -1.92. The predicted octanol–water partition coefficient (Wildman–Crippen LogP) is 1.32. The van der Waals surface area contributed by atoms with Gasteiger partial charge in [0.2, 0.25) is 0 Å². The standard InChI is InChI=1S/C16H21NO5/c1-21-11-16(15(19)20)8-9-17(10-16)14(18)13(22-2)12-6-4-3-5-7-12/h3-7,13H,8-11H2,1-2H3,(H,19,20)/t13-,16?/m1/s1. The first kappa shape index (κ1) is 16.5. The molecule has 1 saturated heterocycles. The van der Waals surface area contributed by atoms with Crippen molar-refractivity contribution >= 4 is 11.9 Å². The largest absolute Gasteiger partial charge is 0.481 e. The van der Waals surface area contributed by atoms with Crippen molar-refractivity contribution in [1.82, 2.24) is 4.90 Å². The van der Waals surface area contributed by atoms with Gasteiger partial charge in [-0.25, -0.2) is 0 Å². The average molecular weight is 307 g/mol. The van der Waals surface area contributed by atoms with Crippen LogP contribution in [0.4, 0.5) is 0 Å². The highest BCUT2D eigenvalue weighted by molar-refractivity contribution is 5.84. The van der Waals surface area contributed by atoms with Gasteiger partial charge in [-0.1, -0.05) is 30.3 Å². The Morgan fingerprint density at radius 1 is 1.32 bits per heavy atom. The second-order valence-corrected chi connectivity index (χ2v) is 5.55. The maximum atomic E-state index is 12.7. The van der Waals surface area contributed by atoms with E-state index in [0.29, 0.717) is 13.0 Å². The topological polar surface area (TPSA) is 76.1 Å². The molecule has 0 radical (unpaired) electrons. The van der Waals surface area contributed by atoms with E-state index in [-0.39, 0.29) is 19.1 Å². The predicted molar refractivity (Wildman–Crippen MR) is 79.3 cm³/mol. The van der Waals surface area contributed by atoms with Gasteiger partial charge in [-0.3, -0.25) is 9.59 Å². The van der Waals surface area contributed by atoms with Crippen molar-refractivity contribution in [3.63, 3.8) is 0 Å². The van der Waals surface area contributed by atoms with Gasteiger partial charge in [0.25, 0.3) is 5.91 Å². The van der Waals surface area contributed by atoms with Crippen LogP contribution in [0.15, 0.2) is 30.3 Å². The normalized spacial score (nSPS) is 22.5. The molecule has 0 spiro atoms. The van der Waals surface area contributed by atoms with Crippen molar-refractivity contribution in [2.45, 2.75) is 12.5 Å². The zero-order chi connectivity index (χ0) is 16.2. The number of amides is 1. The van der Waals surface area contributed by atoms with Gasteiger partial charge in [0, 0.05) is 27.3 Å².